The van der Waals surface area contributed by atoms with Crippen LogP contribution in [0, 0.1) is 35.5 Å². The van der Waals surface area contributed by atoms with Gasteiger partial charge in [0.25, 0.3) is 27.9 Å². The number of nitrogens with zero attached hydrogens (tertiary/aromatic N) is 4. The summed E-state index contributed by atoms with van der Waals surface area (Å²) in [4.78, 5) is 55.2. The quantitative estimate of drug-likeness (QED) is 0.0213. The highest BCUT2D eigenvalue weighted by Crippen LogP contribution is 2.49. The first-order valence-corrected chi connectivity index (χ1v) is 34.7. The molecule has 9 aromatic rings. The Morgan fingerprint density at radius 1 is 0.475 bits per heavy atom. The number of amidine groups is 1. The molecule has 0 unspecified atom stereocenters. The van der Waals surface area contributed by atoms with Gasteiger partial charge in [0.15, 0.2) is 40.4 Å². The van der Waals surface area contributed by atoms with Gasteiger partial charge < -0.3 is 58.4 Å². The number of carbonyl (C=O) groups excluding carboxylic acids is 4. The summed E-state index contributed by atoms with van der Waals surface area (Å²) in [7, 11) is -3.77. The molecule has 0 bridgehead atoms. The summed E-state index contributed by atoms with van der Waals surface area (Å²) in [5.41, 5.74) is 13.7. The van der Waals surface area contributed by atoms with Gasteiger partial charge in [-0.1, -0.05) is 95.7 Å². The molecule has 3 saturated heterocycles. The zero-order valence-corrected chi connectivity index (χ0v) is 55.9. The number of fused-ring (bicyclic) bond motifs is 6. The zero-order valence-electron chi connectivity index (χ0n) is 55.1. The minimum Gasteiger partial charge on any atom is -0.492 e. The molecule has 7 N–H and O–H groups in total. The number of piperidine rings is 3. The van der Waals surface area contributed by atoms with Crippen molar-refractivity contribution >= 4 is 40.2 Å². The Labute approximate surface area is 584 Å². The molecule has 0 saturated carbocycles. The molecule has 3 fully saturated rings. The molecule has 22 heteroatoms. The Morgan fingerprint density at radius 3 is 1.17 bits per heavy atom. The lowest BCUT2D eigenvalue weighted by atomic mass is 9.74. The van der Waals surface area contributed by atoms with Crippen molar-refractivity contribution in [3.8, 4) is 52.8 Å². The van der Waals surface area contributed by atoms with E-state index < -0.39 is 10.2 Å². The lowest BCUT2D eigenvalue weighted by molar-refractivity contribution is -0.109. The molecule has 4 amide bonds. The van der Waals surface area contributed by atoms with Gasteiger partial charge in [-0.3, -0.25) is 19.2 Å². The van der Waals surface area contributed by atoms with Gasteiger partial charge in [-0.15, -0.1) is 0 Å². The lowest BCUT2D eigenvalue weighted by Gasteiger charge is -2.38. The van der Waals surface area contributed by atoms with Gasteiger partial charge in [0.1, 0.15) is 17.2 Å². The molecule has 101 heavy (non-hydrogen) atoms. The Hall–Kier alpha value is -11.7. The van der Waals surface area contributed by atoms with E-state index in [0.717, 1.165) is 94.7 Å². The van der Waals surface area contributed by atoms with Gasteiger partial charge in [-0.05, 0) is 177 Å². The van der Waals surface area contributed by atoms with E-state index in [9.17, 15) is 27.6 Å². The SMILES string of the molecule is NC(=NO)c1ccc2c(c1)C1(CCN(C(=O)c3ccc(C#Cc4ccccc4)o3)CC1)CO2.NS(=O)(=O)NCc1ccc2c(c1)C1(CCN(C(=O)c3ccc(C#Cc4ccccc4)o3)CC1)CO2.O=CNCc1ccc2c(c1)C1(CCN(C(=O)c3ccc(C#Cc4ccccc4)o3)CC1)CO2. The van der Waals surface area contributed by atoms with Crippen LogP contribution in [0.15, 0.2) is 200 Å². The van der Waals surface area contributed by atoms with Crippen molar-refractivity contribution in [3.05, 3.63) is 267 Å². The molecule has 6 aliphatic heterocycles. The van der Waals surface area contributed by atoms with Crippen molar-refractivity contribution < 1.29 is 60.3 Å². The fourth-order valence-electron chi connectivity index (χ4n) is 13.6. The van der Waals surface area contributed by atoms with E-state index >= 15 is 0 Å². The third kappa shape index (κ3) is 15.6. The zero-order chi connectivity index (χ0) is 70.0. The topological polar surface area (TPSA) is 288 Å². The van der Waals surface area contributed by atoms with Crippen LogP contribution in [0.1, 0.15) is 138 Å². The van der Waals surface area contributed by atoms with Crippen LogP contribution >= 0.6 is 0 Å². The number of furan rings is 3. The number of hydrogen-bond acceptors (Lipinski definition) is 14. The third-order valence-corrected chi connectivity index (χ3v) is 19.9. The van der Waals surface area contributed by atoms with E-state index in [4.69, 9.17) is 43.5 Å². The Bertz CT molecular complexity index is 4890. The highest BCUT2D eigenvalue weighted by Gasteiger charge is 2.47. The average molecular weight is 1370 g/mol. The monoisotopic (exact) mass is 1370 g/mol. The normalized spacial score (nSPS) is 16.2. The van der Waals surface area contributed by atoms with Crippen molar-refractivity contribution in [2.24, 2.45) is 16.0 Å². The van der Waals surface area contributed by atoms with Crippen LogP contribution in [-0.2, 0) is 44.3 Å². The van der Waals surface area contributed by atoms with Crippen LogP contribution in [0.5, 0.6) is 17.2 Å². The number of carbonyl (C=O) groups is 4. The van der Waals surface area contributed by atoms with Crippen molar-refractivity contribution in [1.82, 2.24) is 24.7 Å². The lowest BCUT2D eigenvalue weighted by Crippen LogP contribution is -2.46. The summed E-state index contributed by atoms with van der Waals surface area (Å²) in [6.45, 7) is 5.87. The van der Waals surface area contributed by atoms with Crippen LogP contribution in [0.25, 0.3) is 0 Å². The van der Waals surface area contributed by atoms with E-state index in [-0.39, 0.29) is 52.1 Å². The molecule has 3 aromatic heterocycles. The fourth-order valence-corrected chi connectivity index (χ4v) is 14.0. The predicted molar refractivity (Wildman–Crippen MR) is 375 cm³/mol. The van der Waals surface area contributed by atoms with Gasteiger partial charge in [-0.2, -0.15) is 13.1 Å². The number of nitrogens with two attached hydrogens (primary N) is 2. The number of ether oxygens (including phenoxy) is 3. The fraction of sp³-hybridized carbons (Fsp3) is 0.253. The maximum atomic E-state index is 13.0. The first kappa shape index (κ1) is 67.8. The first-order chi connectivity index (χ1) is 49.1. The average Bonchev–Trinajstić information content (AvgIpc) is 1.64. The first-order valence-electron chi connectivity index (χ1n) is 33.2. The minimum atomic E-state index is -3.77. The number of benzene rings is 6. The second-order valence-corrected chi connectivity index (χ2v) is 27.0. The third-order valence-electron chi connectivity index (χ3n) is 19.3. The molecule has 0 radical (unpaired) electrons. The number of rotatable bonds is 10. The molecule has 6 aliphatic rings. The predicted octanol–water partition coefficient (Wildman–Crippen LogP) is 9.37. The molecule has 0 aliphatic carbocycles. The number of oxime groups is 1. The van der Waals surface area contributed by atoms with Crippen LogP contribution < -0.4 is 35.1 Å². The van der Waals surface area contributed by atoms with Crippen molar-refractivity contribution in [2.75, 3.05) is 59.1 Å². The molecule has 21 nitrogen and oxygen atoms in total. The summed E-state index contributed by atoms with van der Waals surface area (Å²) >= 11 is 0. The molecule has 512 valence electrons. The van der Waals surface area contributed by atoms with Gasteiger partial charge in [0.05, 0.1) is 19.8 Å². The Balaban J connectivity index is 0.000000136. The standard InChI is InChI=1S/C27H24N2O4.C26H25N3O5S.C26H23N3O4/c30-19-28-17-21-7-10-24-23(16-21)27(18-32-24)12-14-29(15-13-27)26(31)25-11-9-22(33-25)8-6-20-4-2-1-3-5-20;27-35(31,32)28-17-20-7-10-23-22(16-20)26(18-33-23)12-14-29(15-13-26)25(30)24-11-9-21(34-24)8-6-19-4-2-1-3-5-19;27-24(28-31)19-7-10-22-21(16-19)26(17-32-22)12-14-29(15-13-26)25(30)23-11-9-20(33-23)8-6-18-4-2-1-3-5-18/h1-5,7,9-11,16,19H,12-15,17-18H2,(H,28,30);1-5,7,9-11,16,28H,12-15,17-18H2,(H2,27,31,32);1-5,7,9-11,16,31H,12-15,17H2,(H2,27,28). The van der Waals surface area contributed by atoms with Crippen LogP contribution in [0.2, 0.25) is 0 Å². The number of hydrogen-bond donors (Lipinski definition) is 5. The molecule has 6 aromatic carbocycles. The summed E-state index contributed by atoms with van der Waals surface area (Å²) < 4.78 is 59.8. The van der Waals surface area contributed by atoms with E-state index in [2.05, 4.69) is 56.8 Å². The maximum absolute atomic E-state index is 13.0. The van der Waals surface area contributed by atoms with Gasteiger partial charge >= 0.3 is 0 Å². The van der Waals surface area contributed by atoms with Crippen LogP contribution in [0.4, 0.5) is 0 Å². The highest BCUT2D eigenvalue weighted by molar-refractivity contribution is 7.87. The summed E-state index contributed by atoms with van der Waals surface area (Å²) in [5.74, 6) is 22.5. The molecular formula is C79H72N8O13S. The second kappa shape index (κ2) is 29.8. The molecule has 15 rings (SSSR count). The van der Waals surface area contributed by atoms with E-state index in [0.29, 0.717) is 106 Å². The molecule has 9 heterocycles. The van der Waals surface area contributed by atoms with Gasteiger partial charge in [-0.25, -0.2) is 5.14 Å². The largest absolute Gasteiger partial charge is 0.492 e. The number of nitrogens with one attached hydrogen (secondary N) is 2. The Morgan fingerprint density at radius 2 is 0.822 bits per heavy atom. The van der Waals surface area contributed by atoms with E-state index in [1.54, 1.807) is 47.4 Å². The minimum absolute atomic E-state index is 0.0662. The van der Waals surface area contributed by atoms with Crippen LogP contribution in [-0.4, -0.2) is 117 Å². The van der Waals surface area contributed by atoms with Gasteiger partial charge in [0, 0.05) is 108 Å². The molecule has 0 atom stereocenters. The molecule has 3 spiro atoms. The second-order valence-electron chi connectivity index (χ2n) is 25.6. The maximum Gasteiger partial charge on any atom is 0.289 e. The summed E-state index contributed by atoms with van der Waals surface area (Å²) in [5, 5.41) is 19.9. The van der Waals surface area contributed by atoms with Crippen molar-refractivity contribution in [2.45, 2.75) is 67.9 Å². The van der Waals surface area contributed by atoms with Crippen LogP contribution in [0.3, 0.4) is 0 Å². The summed E-state index contributed by atoms with van der Waals surface area (Å²) in [6.07, 6.45) is 5.32. The highest BCUT2D eigenvalue weighted by atomic mass is 32.2. The van der Waals surface area contributed by atoms with Crippen molar-refractivity contribution in [1.29, 1.82) is 0 Å². The van der Waals surface area contributed by atoms with Crippen molar-refractivity contribution in [3.63, 3.8) is 0 Å². The van der Waals surface area contributed by atoms with E-state index in [1.165, 1.54) is 5.56 Å². The smallest absolute Gasteiger partial charge is 0.289 e. The number of amides is 4. The van der Waals surface area contributed by atoms with E-state index in [1.807, 2.05) is 143 Å². The Kier molecular flexibility index (Phi) is 20.0. The summed E-state index contributed by atoms with van der Waals surface area (Å²) in [6, 6.07) is 56.4. The number of likely N-dealkylation sites (tertiary alicyclic amines) is 3. The molecular weight excluding hydrogens is 1300 g/mol. The van der Waals surface area contributed by atoms with Gasteiger partial charge in [0.2, 0.25) is 6.41 Å².